The molecule has 0 aliphatic carbocycles. The monoisotopic (exact) mass is 658 g/mol. The summed E-state index contributed by atoms with van der Waals surface area (Å²) in [6.07, 6.45) is -0.563. The van der Waals surface area contributed by atoms with Gasteiger partial charge in [-0.15, -0.1) is 0 Å². The van der Waals surface area contributed by atoms with Crippen LogP contribution in [0.2, 0.25) is 0 Å². The van der Waals surface area contributed by atoms with E-state index in [0.717, 1.165) is 11.1 Å². The summed E-state index contributed by atoms with van der Waals surface area (Å²) in [6.45, 7) is 4.16. The topological polar surface area (TPSA) is 170 Å². The number of alkyl halides is 3. The van der Waals surface area contributed by atoms with Crippen molar-refractivity contribution in [2.75, 3.05) is 23.3 Å². The smallest absolute Gasteiger partial charge is 0.366 e. The van der Waals surface area contributed by atoms with Gasteiger partial charge in [0.1, 0.15) is 17.6 Å². The van der Waals surface area contributed by atoms with E-state index in [1.165, 1.54) is 22.9 Å². The SMILES string of the molecule is CC(C)(C(=O)Nc1cnc(C#N)c(C(F)(F)F)c1)n1cc(N2CC(C#Cc3ccc4c(c3)C(=O)N(C3CCC(=O)NC3=O)C4=O)C2)cn1. The molecule has 1 unspecified atom stereocenters. The Bertz CT molecular complexity index is 2010. The Labute approximate surface area is 270 Å². The van der Waals surface area contributed by atoms with Gasteiger partial charge >= 0.3 is 6.18 Å². The third-order valence-corrected chi connectivity index (χ3v) is 8.36. The Morgan fingerprint density at radius 2 is 1.79 bits per heavy atom. The number of carbonyl (C=O) groups excluding carboxylic acids is 5. The fraction of sp³-hybridized carbons (Fsp3) is 0.312. The Morgan fingerprint density at radius 3 is 2.48 bits per heavy atom. The summed E-state index contributed by atoms with van der Waals surface area (Å²) in [7, 11) is 0. The Balaban J connectivity index is 1.08. The molecule has 13 nitrogen and oxygen atoms in total. The van der Waals surface area contributed by atoms with Gasteiger partial charge in [0, 0.05) is 31.3 Å². The highest BCUT2D eigenvalue weighted by Crippen LogP contribution is 2.33. The zero-order valence-corrected chi connectivity index (χ0v) is 25.4. The number of piperidine rings is 1. The summed E-state index contributed by atoms with van der Waals surface area (Å²) in [5.74, 6) is 3.14. The average Bonchev–Trinajstić information content (AvgIpc) is 3.59. The first-order chi connectivity index (χ1) is 22.7. The molecular formula is C32H25F3N8O5. The summed E-state index contributed by atoms with van der Waals surface area (Å²) in [5, 5.41) is 17.8. The number of nitriles is 1. The summed E-state index contributed by atoms with van der Waals surface area (Å²) in [5.41, 5.74) is -2.07. The Morgan fingerprint density at radius 1 is 1.06 bits per heavy atom. The Kier molecular flexibility index (Phi) is 7.75. The minimum absolute atomic E-state index is 0.0275. The summed E-state index contributed by atoms with van der Waals surface area (Å²) in [6, 6.07) is 5.63. The molecule has 244 valence electrons. The van der Waals surface area contributed by atoms with Crippen molar-refractivity contribution in [3.63, 3.8) is 0 Å². The van der Waals surface area contributed by atoms with E-state index in [1.807, 2.05) is 4.90 Å². The summed E-state index contributed by atoms with van der Waals surface area (Å²) in [4.78, 5) is 69.2. The number of nitrogens with one attached hydrogen (secondary N) is 2. The normalized spacial score (nSPS) is 18.0. The van der Waals surface area contributed by atoms with Crippen LogP contribution in [0.3, 0.4) is 0 Å². The summed E-state index contributed by atoms with van der Waals surface area (Å²) >= 11 is 0. The van der Waals surface area contributed by atoms with Crippen LogP contribution in [0.1, 0.15) is 64.2 Å². The maximum Gasteiger partial charge on any atom is 0.419 e. The number of amides is 5. The van der Waals surface area contributed by atoms with Crippen molar-refractivity contribution >= 4 is 40.9 Å². The van der Waals surface area contributed by atoms with Gasteiger partial charge < -0.3 is 10.2 Å². The lowest BCUT2D eigenvalue weighted by atomic mass is 9.99. The van der Waals surface area contributed by atoms with Gasteiger partial charge in [0.05, 0.1) is 46.4 Å². The Hall–Kier alpha value is -6.03. The maximum atomic E-state index is 13.3. The summed E-state index contributed by atoms with van der Waals surface area (Å²) < 4.78 is 41.4. The van der Waals surface area contributed by atoms with Gasteiger partial charge in [-0.05, 0) is 44.5 Å². The zero-order chi connectivity index (χ0) is 34.5. The molecule has 0 saturated carbocycles. The number of imide groups is 2. The van der Waals surface area contributed by atoms with Gasteiger partial charge in [-0.25, -0.2) is 4.98 Å². The third-order valence-electron chi connectivity index (χ3n) is 8.36. The minimum Gasteiger partial charge on any atom is -0.366 e. The van der Waals surface area contributed by atoms with Gasteiger partial charge in [-0.3, -0.25) is 38.9 Å². The van der Waals surface area contributed by atoms with E-state index in [1.54, 1.807) is 32.3 Å². The van der Waals surface area contributed by atoms with E-state index >= 15 is 0 Å². The second-order valence-corrected chi connectivity index (χ2v) is 12.0. The van der Waals surface area contributed by atoms with Crippen molar-refractivity contribution in [3.8, 4) is 17.9 Å². The fourth-order valence-electron chi connectivity index (χ4n) is 5.52. The molecule has 2 fully saturated rings. The molecule has 1 atom stereocenters. The predicted octanol–water partition coefficient (Wildman–Crippen LogP) is 2.43. The third kappa shape index (κ3) is 5.72. The lowest BCUT2D eigenvalue weighted by Gasteiger charge is -2.37. The van der Waals surface area contributed by atoms with Gasteiger partial charge in [0.25, 0.3) is 17.7 Å². The molecule has 3 aliphatic rings. The van der Waals surface area contributed by atoms with Crippen LogP contribution in [0.4, 0.5) is 24.5 Å². The second-order valence-electron chi connectivity index (χ2n) is 12.0. The number of anilines is 2. The molecule has 16 heteroatoms. The zero-order valence-electron chi connectivity index (χ0n) is 25.4. The quantitative estimate of drug-likeness (QED) is 0.309. The van der Waals surface area contributed by atoms with Crippen molar-refractivity contribution in [2.45, 2.75) is 44.4 Å². The van der Waals surface area contributed by atoms with Crippen molar-refractivity contribution in [1.82, 2.24) is 25.0 Å². The average molecular weight is 659 g/mol. The highest BCUT2D eigenvalue weighted by atomic mass is 19.4. The van der Waals surface area contributed by atoms with E-state index < -0.39 is 58.6 Å². The standard InChI is InChI=1S/C32H25F3N8O5/c1-31(2,30(48)39-19-10-23(32(33,34)35)24(11-36)37-12-19)42-16-20(13-38-42)41-14-18(15-41)4-3-17-5-6-21-22(9-17)29(47)43(28(21)46)25-7-8-26(44)40-27(25)45/h5-6,9-10,12-13,16,18,25H,7-8,14-15H2,1-2H3,(H,39,48)(H,40,44,45). The molecule has 5 heterocycles. The molecule has 1 aromatic carbocycles. The number of pyridine rings is 1. The van der Waals surface area contributed by atoms with Crippen LogP contribution >= 0.6 is 0 Å². The number of benzene rings is 1. The highest BCUT2D eigenvalue weighted by molar-refractivity contribution is 6.23. The molecule has 2 aromatic heterocycles. The molecule has 2 saturated heterocycles. The van der Waals surface area contributed by atoms with E-state index in [0.29, 0.717) is 30.4 Å². The van der Waals surface area contributed by atoms with Gasteiger partial charge in [0.15, 0.2) is 5.69 Å². The highest BCUT2D eigenvalue weighted by Gasteiger charge is 2.44. The maximum absolute atomic E-state index is 13.3. The largest absolute Gasteiger partial charge is 0.419 e. The van der Waals surface area contributed by atoms with Gasteiger partial charge in [-0.2, -0.15) is 23.5 Å². The van der Waals surface area contributed by atoms with Gasteiger partial charge in [-0.1, -0.05) is 11.8 Å². The van der Waals surface area contributed by atoms with E-state index in [2.05, 4.69) is 32.6 Å². The molecule has 0 radical (unpaired) electrons. The van der Waals surface area contributed by atoms with Crippen LogP contribution in [0.5, 0.6) is 0 Å². The molecule has 5 amide bonds. The number of hydrogen-bond donors (Lipinski definition) is 2. The van der Waals surface area contributed by atoms with Gasteiger partial charge in [0.2, 0.25) is 11.8 Å². The van der Waals surface area contributed by atoms with Crippen molar-refractivity contribution in [1.29, 1.82) is 5.26 Å². The number of nitrogens with zero attached hydrogens (tertiary/aromatic N) is 6. The van der Waals surface area contributed by atoms with E-state index in [-0.39, 0.29) is 35.6 Å². The first-order valence-corrected chi connectivity index (χ1v) is 14.6. The molecule has 3 aliphatic heterocycles. The predicted molar refractivity (Wildman–Crippen MR) is 160 cm³/mol. The first-order valence-electron chi connectivity index (χ1n) is 14.6. The van der Waals surface area contributed by atoms with Crippen LogP contribution in [0.25, 0.3) is 0 Å². The van der Waals surface area contributed by atoms with Crippen LogP contribution in [0.15, 0.2) is 42.9 Å². The number of hydrogen-bond acceptors (Lipinski definition) is 9. The molecule has 0 spiro atoms. The molecule has 3 aromatic rings. The second kappa shape index (κ2) is 11.6. The van der Waals surface area contributed by atoms with Crippen molar-refractivity contribution in [2.24, 2.45) is 5.92 Å². The number of halogens is 3. The van der Waals surface area contributed by atoms with Crippen molar-refractivity contribution in [3.05, 3.63) is 70.8 Å². The molecule has 6 rings (SSSR count). The molecule has 48 heavy (non-hydrogen) atoms. The van der Waals surface area contributed by atoms with E-state index in [9.17, 15) is 37.1 Å². The lowest BCUT2D eigenvalue weighted by Crippen LogP contribution is -2.54. The van der Waals surface area contributed by atoms with Crippen LogP contribution in [0, 0.1) is 29.1 Å². The number of aromatic nitrogens is 3. The molecular weight excluding hydrogens is 633 g/mol. The van der Waals surface area contributed by atoms with Crippen LogP contribution < -0.4 is 15.5 Å². The minimum atomic E-state index is -4.83. The molecule has 2 N–H and O–H groups in total. The molecule has 0 bridgehead atoms. The first kappa shape index (κ1) is 31.9. The van der Waals surface area contributed by atoms with Crippen molar-refractivity contribution < 1.29 is 37.1 Å². The lowest BCUT2D eigenvalue weighted by molar-refractivity contribution is -0.138. The number of fused-ring (bicyclic) bond motifs is 1. The number of carbonyl (C=O) groups is 5. The van der Waals surface area contributed by atoms with E-state index in [4.69, 9.17) is 5.26 Å². The van der Waals surface area contributed by atoms with Crippen LogP contribution in [-0.2, 0) is 26.1 Å². The van der Waals surface area contributed by atoms with Crippen LogP contribution in [-0.4, -0.2) is 68.3 Å². The number of rotatable bonds is 5. The fourth-order valence-corrected chi connectivity index (χ4v) is 5.52.